The van der Waals surface area contributed by atoms with E-state index in [0.29, 0.717) is 12.0 Å². The summed E-state index contributed by atoms with van der Waals surface area (Å²) in [7, 11) is 1.32. The summed E-state index contributed by atoms with van der Waals surface area (Å²) in [6, 6.07) is 14.7. The van der Waals surface area contributed by atoms with Crippen molar-refractivity contribution < 1.29 is 19.4 Å². The molecule has 30 heavy (non-hydrogen) atoms. The number of aromatic carboxylic acids is 1. The summed E-state index contributed by atoms with van der Waals surface area (Å²) in [5, 5.41) is 9.55. The number of esters is 1. The van der Waals surface area contributed by atoms with Crippen LogP contribution in [0.15, 0.2) is 54.9 Å². The lowest BCUT2D eigenvalue weighted by atomic mass is 9.96. The van der Waals surface area contributed by atoms with Crippen molar-refractivity contribution in [1.82, 2.24) is 9.55 Å². The summed E-state index contributed by atoms with van der Waals surface area (Å²) < 4.78 is 6.64. The van der Waals surface area contributed by atoms with Crippen molar-refractivity contribution in [2.45, 2.75) is 32.2 Å². The number of methoxy groups -OCH3 is 1. The third-order valence-electron chi connectivity index (χ3n) is 5.04. The second-order valence-electron chi connectivity index (χ2n) is 6.98. The van der Waals surface area contributed by atoms with Gasteiger partial charge < -0.3 is 14.4 Å². The minimum absolute atomic E-state index is 0.0127. The number of nitrogens with zero attached hydrogens (tertiary/aromatic N) is 2. The van der Waals surface area contributed by atoms with Crippen LogP contribution in [0.25, 0.3) is 11.1 Å². The summed E-state index contributed by atoms with van der Waals surface area (Å²) in [5.41, 5.74) is 3.10. The zero-order valence-corrected chi connectivity index (χ0v) is 17.6. The van der Waals surface area contributed by atoms with Crippen LogP contribution in [0.2, 0.25) is 5.15 Å². The van der Waals surface area contributed by atoms with Crippen molar-refractivity contribution >= 4 is 23.5 Å². The first-order valence-electron chi connectivity index (χ1n) is 9.68. The van der Waals surface area contributed by atoms with Crippen LogP contribution in [0.3, 0.4) is 0 Å². The van der Waals surface area contributed by atoms with Gasteiger partial charge in [0.25, 0.3) is 0 Å². The van der Waals surface area contributed by atoms with E-state index in [1.165, 1.54) is 7.11 Å². The largest absolute Gasteiger partial charge is 0.478 e. The Morgan fingerprint density at radius 2 is 1.87 bits per heavy atom. The molecule has 7 heteroatoms. The Hall–Kier alpha value is -3.12. The summed E-state index contributed by atoms with van der Waals surface area (Å²) >= 11 is 6.11. The van der Waals surface area contributed by atoms with Crippen LogP contribution in [0, 0.1) is 0 Å². The first kappa shape index (κ1) is 21.6. The first-order chi connectivity index (χ1) is 14.5. The Kier molecular flexibility index (Phi) is 6.90. The van der Waals surface area contributed by atoms with E-state index in [2.05, 4.69) is 11.9 Å². The van der Waals surface area contributed by atoms with Gasteiger partial charge in [-0.25, -0.2) is 14.6 Å². The van der Waals surface area contributed by atoms with E-state index in [1.807, 2.05) is 30.3 Å². The number of rotatable bonds is 8. The maximum absolute atomic E-state index is 12.2. The number of carboxylic acids is 1. The van der Waals surface area contributed by atoms with Gasteiger partial charge in [-0.15, -0.1) is 0 Å². The number of carboxylic acid groups (broad SMARTS) is 1. The van der Waals surface area contributed by atoms with Crippen LogP contribution < -0.4 is 0 Å². The summed E-state index contributed by atoms with van der Waals surface area (Å²) in [6.45, 7) is 2.08. The first-order valence-corrected chi connectivity index (χ1v) is 10.1. The van der Waals surface area contributed by atoms with Gasteiger partial charge in [0.15, 0.2) is 10.8 Å². The van der Waals surface area contributed by atoms with Gasteiger partial charge in [0.2, 0.25) is 0 Å². The molecular weight excluding hydrogens is 404 g/mol. The van der Waals surface area contributed by atoms with Crippen LogP contribution >= 0.6 is 11.6 Å². The Bertz CT molecular complexity index is 1040. The van der Waals surface area contributed by atoms with Gasteiger partial charge in [-0.2, -0.15) is 0 Å². The van der Waals surface area contributed by atoms with Gasteiger partial charge in [0.1, 0.15) is 0 Å². The number of hydrogen-bond donors (Lipinski definition) is 1. The van der Waals surface area contributed by atoms with Gasteiger partial charge in [0, 0.05) is 6.04 Å². The van der Waals surface area contributed by atoms with E-state index >= 15 is 0 Å². The molecule has 0 saturated carbocycles. The molecule has 3 rings (SSSR count). The van der Waals surface area contributed by atoms with Gasteiger partial charge in [-0.3, -0.25) is 0 Å². The fraction of sp³-hybridized carbons (Fsp3) is 0.261. The molecule has 0 radical (unpaired) electrons. The fourth-order valence-corrected chi connectivity index (χ4v) is 3.81. The molecule has 1 heterocycles. The monoisotopic (exact) mass is 426 g/mol. The number of hydrogen-bond acceptors (Lipinski definition) is 4. The van der Waals surface area contributed by atoms with E-state index in [0.717, 1.165) is 24.0 Å². The average molecular weight is 427 g/mol. The van der Waals surface area contributed by atoms with Crippen molar-refractivity contribution in [2.24, 2.45) is 0 Å². The van der Waals surface area contributed by atoms with E-state index in [-0.39, 0.29) is 22.5 Å². The third kappa shape index (κ3) is 4.54. The molecule has 0 fully saturated rings. The number of carbonyl (C=O) groups excluding carboxylic acids is 1. The summed E-state index contributed by atoms with van der Waals surface area (Å²) in [4.78, 5) is 27.7. The molecule has 0 aliphatic heterocycles. The Labute approximate surface area is 180 Å². The highest BCUT2D eigenvalue weighted by molar-refractivity contribution is 6.32. The van der Waals surface area contributed by atoms with E-state index in [9.17, 15) is 14.7 Å². The van der Waals surface area contributed by atoms with Crippen LogP contribution in [0.5, 0.6) is 0 Å². The number of benzene rings is 2. The minimum atomic E-state index is -0.954. The quantitative estimate of drug-likeness (QED) is 0.496. The molecule has 1 unspecified atom stereocenters. The molecule has 0 bridgehead atoms. The lowest BCUT2D eigenvalue weighted by Crippen LogP contribution is -2.18. The van der Waals surface area contributed by atoms with E-state index in [1.54, 1.807) is 29.1 Å². The minimum Gasteiger partial charge on any atom is -0.478 e. The number of aromatic nitrogens is 2. The number of carbonyl (C=O) groups is 2. The molecule has 1 N–H and O–H groups in total. The van der Waals surface area contributed by atoms with Crippen LogP contribution in [-0.4, -0.2) is 33.7 Å². The number of imidazole rings is 1. The highest BCUT2D eigenvalue weighted by Crippen LogP contribution is 2.28. The Morgan fingerprint density at radius 1 is 1.17 bits per heavy atom. The molecule has 0 spiro atoms. The van der Waals surface area contributed by atoms with Crippen molar-refractivity contribution in [3.05, 3.63) is 76.8 Å². The number of ether oxygens (including phenoxy) is 1. The fourth-order valence-electron chi connectivity index (χ4n) is 3.59. The maximum atomic E-state index is 12.2. The summed E-state index contributed by atoms with van der Waals surface area (Å²) in [5.74, 6) is -1.47. The van der Waals surface area contributed by atoms with E-state index in [4.69, 9.17) is 16.3 Å². The predicted molar refractivity (Wildman–Crippen MR) is 115 cm³/mol. The van der Waals surface area contributed by atoms with Gasteiger partial charge in [-0.1, -0.05) is 67.4 Å². The zero-order valence-electron chi connectivity index (χ0n) is 16.8. The lowest BCUT2D eigenvalue weighted by Gasteiger charge is -2.20. The number of halogens is 1. The topological polar surface area (TPSA) is 81.4 Å². The SMILES string of the molecule is CCCC(Cc1ccc(-c2ccccc2C(=O)O)cc1)n1cnc(Cl)c1C(=O)OC. The average Bonchev–Trinajstić information content (AvgIpc) is 3.14. The smallest absolute Gasteiger partial charge is 0.357 e. The van der Waals surface area contributed by atoms with Crippen molar-refractivity contribution in [3.8, 4) is 11.1 Å². The molecule has 0 aliphatic rings. The summed E-state index contributed by atoms with van der Waals surface area (Å²) in [6.07, 6.45) is 4.00. The molecule has 2 aromatic carbocycles. The molecule has 3 aromatic rings. The molecule has 6 nitrogen and oxygen atoms in total. The molecule has 1 aromatic heterocycles. The van der Waals surface area contributed by atoms with E-state index < -0.39 is 11.9 Å². The highest BCUT2D eigenvalue weighted by atomic mass is 35.5. The molecule has 0 amide bonds. The van der Waals surface area contributed by atoms with Crippen molar-refractivity contribution in [3.63, 3.8) is 0 Å². The molecule has 1 atom stereocenters. The molecule has 156 valence electrons. The lowest BCUT2D eigenvalue weighted by molar-refractivity contribution is 0.0584. The van der Waals surface area contributed by atoms with Crippen molar-refractivity contribution in [2.75, 3.05) is 7.11 Å². The normalized spacial score (nSPS) is 11.8. The molecule has 0 saturated heterocycles. The molecule has 0 aliphatic carbocycles. The third-order valence-corrected chi connectivity index (χ3v) is 5.31. The second kappa shape index (κ2) is 9.59. The van der Waals surface area contributed by atoms with Gasteiger partial charge >= 0.3 is 11.9 Å². The van der Waals surface area contributed by atoms with Crippen molar-refractivity contribution in [1.29, 1.82) is 0 Å². The standard InChI is InChI=1S/C23H23ClN2O4/c1-3-6-17(26-14-25-21(24)20(26)23(29)30-2)13-15-9-11-16(12-10-15)18-7-4-5-8-19(18)22(27)28/h4-5,7-12,14,17H,3,6,13H2,1-2H3,(H,27,28). The van der Waals surface area contributed by atoms with Gasteiger partial charge in [-0.05, 0) is 35.6 Å². The zero-order chi connectivity index (χ0) is 21.7. The van der Waals surface area contributed by atoms with Crippen LogP contribution in [-0.2, 0) is 11.2 Å². The molecular formula is C23H23ClN2O4. The Balaban J connectivity index is 1.88. The highest BCUT2D eigenvalue weighted by Gasteiger charge is 2.23. The van der Waals surface area contributed by atoms with Crippen LogP contribution in [0.1, 0.15) is 52.2 Å². The predicted octanol–water partition coefficient (Wildman–Crippen LogP) is 5.27. The maximum Gasteiger partial charge on any atom is 0.357 e. The van der Waals surface area contributed by atoms with Crippen LogP contribution in [0.4, 0.5) is 0 Å². The second-order valence-corrected chi connectivity index (χ2v) is 7.34. The Morgan fingerprint density at radius 3 is 2.50 bits per heavy atom. The van der Waals surface area contributed by atoms with Gasteiger partial charge in [0.05, 0.1) is 19.0 Å².